The smallest absolute Gasteiger partial charge is 0.257 e. The summed E-state index contributed by atoms with van der Waals surface area (Å²) in [5.41, 5.74) is 8.57. The van der Waals surface area contributed by atoms with Crippen molar-refractivity contribution in [1.82, 2.24) is 10.1 Å². The average Bonchev–Trinajstić information content (AvgIpc) is 3.13. The number of aromatic nitrogens is 2. The Labute approximate surface area is 154 Å². The van der Waals surface area contributed by atoms with Crippen molar-refractivity contribution in [2.75, 3.05) is 11.9 Å². The van der Waals surface area contributed by atoms with Crippen LogP contribution in [-0.4, -0.2) is 22.6 Å². The van der Waals surface area contributed by atoms with Crippen molar-refractivity contribution in [3.8, 4) is 11.5 Å². The second kappa shape index (κ2) is 7.99. The predicted octanol–water partition coefficient (Wildman–Crippen LogP) is 3.85. The van der Waals surface area contributed by atoms with Gasteiger partial charge in [0.15, 0.2) is 5.82 Å². The third-order valence-electron chi connectivity index (χ3n) is 5.43. The third kappa shape index (κ3) is 4.12. The number of nitrogens with two attached hydrogens (primary N) is 1. The maximum Gasteiger partial charge on any atom is 0.257 e. The van der Waals surface area contributed by atoms with Crippen LogP contribution in [0.4, 0.5) is 5.69 Å². The van der Waals surface area contributed by atoms with Crippen LogP contribution in [0.15, 0.2) is 22.7 Å². The fraction of sp³-hybridized carbons (Fsp3) is 0.550. The first-order chi connectivity index (χ1) is 12.5. The average molecular weight is 356 g/mol. The first-order valence-electron chi connectivity index (χ1n) is 9.49. The Morgan fingerprint density at radius 2 is 2.08 bits per heavy atom. The molecule has 1 aliphatic carbocycles. The first kappa shape index (κ1) is 18.6. The lowest BCUT2D eigenvalue weighted by Gasteiger charge is -2.35. The van der Waals surface area contributed by atoms with Crippen molar-refractivity contribution in [3.63, 3.8) is 0 Å². The molecule has 1 saturated carbocycles. The summed E-state index contributed by atoms with van der Waals surface area (Å²) in [6, 6.07) is 5.79. The van der Waals surface area contributed by atoms with Gasteiger partial charge in [0.25, 0.3) is 5.89 Å². The Morgan fingerprint density at radius 1 is 1.31 bits per heavy atom. The second-order valence-electron chi connectivity index (χ2n) is 7.39. The summed E-state index contributed by atoms with van der Waals surface area (Å²) in [7, 11) is 0. The Kier molecular flexibility index (Phi) is 5.71. The molecule has 0 radical (unpaired) electrons. The lowest BCUT2D eigenvalue weighted by atomic mass is 9.71. The highest BCUT2D eigenvalue weighted by atomic mass is 16.5. The molecule has 3 N–H and O–H groups in total. The second-order valence-corrected chi connectivity index (χ2v) is 7.39. The van der Waals surface area contributed by atoms with Crippen molar-refractivity contribution >= 4 is 11.6 Å². The van der Waals surface area contributed by atoms with Gasteiger partial charge in [0.05, 0.1) is 0 Å². The largest absolute Gasteiger partial charge is 0.334 e. The van der Waals surface area contributed by atoms with Crippen molar-refractivity contribution in [1.29, 1.82) is 0 Å². The number of aryl methyl sites for hydroxylation is 2. The molecule has 2 aromatic rings. The fourth-order valence-electron chi connectivity index (χ4n) is 3.69. The molecule has 1 fully saturated rings. The zero-order valence-corrected chi connectivity index (χ0v) is 15.7. The van der Waals surface area contributed by atoms with Gasteiger partial charge in [0, 0.05) is 24.1 Å². The molecule has 26 heavy (non-hydrogen) atoms. The zero-order chi connectivity index (χ0) is 18.6. The van der Waals surface area contributed by atoms with E-state index in [1.54, 1.807) is 0 Å². The third-order valence-corrected chi connectivity index (χ3v) is 5.43. The van der Waals surface area contributed by atoms with E-state index in [1.165, 1.54) is 6.42 Å². The summed E-state index contributed by atoms with van der Waals surface area (Å²) < 4.78 is 5.31. The molecule has 0 unspecified atom stereocenters. The summed E-state index contributed by atoms with van der Waals surface area (Å²) >= 11 is 0. The van der Waals surface area contributed by atoms with Crippen LogP contribution in [0.5, 0.6) is 0 Å². The van der Waals surface area contributed by atoms with Crippen molar-refractivity contribution < 1.29 is 9.32 Å². The first-order valence-corrected chi connectivity index (χ1v) is 9.49. The van der Waals surface area contributed by atoms with Crippen LogP contribution in [0.25, 0.3) is 11.5 Å². The Bertz CT molecular complexity index is 763. The van der Waals surface area contributed by atoms with Gasteiger partial charge >= 0.3 is 0 Å². The predicted molar refractivity (Wildman–Crippen MR) is 102 cm³/mol. The van der Waals surface area contributed by atoms with E-state index in [0.717, 1.165) is 48.9 Å². The highest BCUT2D eigenvalue weighted by Crippen LogP contribution is 2.38. The normalized spacial score (nSPS) is 16.4. The van der Waals surface area contributed by atoms with E-state index >= 15 is 0 Å². The lowest BCUT2D eigenvalue weighted by Crippen LogP contribution is -2.36. The fourth-order valence-corrected chi connectivity index (χ4v) is 3.69. The molecule has 6 heteroatoms. The summed E-state index contributed by atoms with van der Waals surface area (Å²) in [6.07, 6.45) is 6.85. The number of nitrogens with zero attached hydrogens (tertiary/aromatic N) is 2. The van der Waals surface area contributed by atoms with Gasteiger partial charge in [-0.15, -0.1) is 0 Å². The van der Waals surface area contributed by atoms with E-state index in [9.17, 15) is 4.79 Å². The number of carbonyl (C=O) groups excluding carboxylic acids is 1. The van der Waals surface area contributed by atoms with Gasteiger partial charge in [-0.1, -0.05) is 37.4 Å². The van der Waals surface area contributed by atoms with Crippen molar-refractivity contribution in [3.05, 3.63) is 29.6 Å². The summed E-state index contributed by atoms with van der Waals surface area (Å²) in [5.74, 6) is 1.17. The molecule has 0 spiro atoms. The van der Waals surface area contributed by atoms with E-state index < -0.39 is 0 Å². The van der Waals surface area contributed by atoms with Gasteiger partial charge in [-0.2, -0.15) is 4.98 Å². The number of benzene rings is 1. The molecular formula is C20H28N4O2. The number of amides is 1. The van der Waals surface area contributed by atoms with Crippen LogP contribution in [0, 0.1) is 12.3 Å². The Morgan fingerprint density at radius 3 is 2.73 bits per heavy atom. The molecule has 0 bridgehead atoms. The lowest BCUT2D eigenvalue weighted by molar-refractivity contribution is -0.118. The van der Waals surface area contributed by atoms with Gasteiger partial charge in [0.2, 0.25) is 5.91 Å². The van der Waals surface area contributed by atoms with Crippen LogP contribution in [0.1, 0.15) is 56.8 Å². The van der Waals surface area contributed by atoms with Crippen LogP contribution >= 0.6 is 0 Å². The van der Waals surface area contributed by atoms with E-state index in [2.05, 4.69) is 15.5 Å². The molecule has 0 aliphatic heterocycles. The number of rotatable bonds is 6. The van der Waals surface area contributed by atoms with Crippen molar-refractivity contribution in [2.24, 2.45) is 11.1 Å². The van der Waals surface area contributed by atoms with Crippen LogP contribution < -0.4 is 11.1 Å². The topological polar surface area (TPSA) is 94.0 Å². The van der Waals surface area contributed by atoms with Gasteiger partial charge in [-0.25, -0.2) is 0 Å². The molecule has 140 valence electrons. The highest BCUT2D eigenvalue weighted by molar-refractivity contribution is 5.92. The number of hydrogen-bond acceptors (Lipinski definition) is 5. The van der Waals surface area contributed by atoms with Gasteiger partial charge < -0.3 is 15.6 Å². The highest BCUT2D eigenvalue weighted by Gasteiger charge is 2.33. The monoisotopic (exact) mass is 356 g/mol. The minimum Gasteiger partial charge on any atom is -0.334 e. The van der Waals surface area contributed by atoms with Crippen molar-refractivity contribution in [2.45, 2.75) is 58.8 Å². The molecule has 6 nitrogen and oxygen atoms in total. The quantitative estimate of drug-likeness (QED) is 0.820. The molecular weight excluding hydrogens is 328 g/mol. The zero-order valence-electron chi connectivity index (χ0n) is 15.7. The van der Waals surface area contributed by atoms with E-state index in [0.29, 0.717) is 24.7 Å². The van der Waals surface area contributed by atoms with E-state index in [-0.39, 0.29) is 11.3 Å². The minimum atomic E-state index is -0.0453. The van der Waals surface area contributed by atoms with E-state index in [1.807, 2.05) is 32.0 Å². The maximum atomic E-state index is 12.7. The van der Waals surface area contributed by atoms with Crippen LogP contribution in [-0.2, 0) is 11.2 Å². The minimum absolute atomic E-state index is 0.0253. The number of nitrogens with one attached hydrogen (secondary N) is 1. The maximum absolute atomic E-state index is 12.7. The molecule has 1 aliphatic rings. The summed E-state index contributed by atoms with van der Waals surface area (Å²) in [6.45, 7) is 4.53. The standard InChI is InChI=1S/C20H28N4O2/c1-3-17-23-19(26-24-17)15-8-7-14(2)16(11-15)22-18(25)12-20(13-21)9-5-4-6-10-20/h7-8,11H,3-6,9-10,12-13,21H2,1-2H3,(H,22,25). The molecule has 3 rings (SSSR count). The summed E-state index contributed by atoms with van der Waals surface area (Å²) in [4.78, 5) is 17.0. The van der Waals surface area contributed by atoms with Gasteiger partial charge in [0.1, 0.15) is 0 Å². The molecule has 0 saturated heterocycles. The number of anilines is 1. The molecule has 1 amide bonds. The SMILES string of the molecule is CCc1noc(-c2ccc(C)c(NC(=O)CC3(CN)CCCCC3)c2)n1. The molecule has 0 atom stereocenters. The number of hydrogen-bond donors (Lipinski definition) is 2. The Hall–Kier alpha value is -2.21. The molecule has 1 heterocycles. The summed E-state index contributed by atoms with van der Waals surface area (Å²) in [5, 5.41) is 7.00. The van der Waals surface area contributed by atoms with E-state index in [4.69, 9.17) is 10.3 Å². The number of carbonyl (C=O) groups is 1. The van der Waals surface area contributed by atoms with Crippen LogP contribution in [0.3, 0.4) is 0 Å². The Balaban J connectivity index is 1.74. The molecule has 1 aromatic heterocycles. The van der Waals surface area contributed by atoms with Gasteiger partial charge in [-0.3, -0.25) is 4.79 Å². The molecule has 1 aromatic carbocycles. The van der Waals surface area contributed by atoms with Crippen LogP contribution in [0.2, 0.25) is 0 Å². The van der Waals surface area contributed by atoms with Gasteiger partial charge in [-0.05, 0) is 49.4 Å².